The molecule has 0 bridgehead atoms. The molecule has 0 aliphatic heterocycles. The van der Waals surface area contributed by atoms with E-state index in [-0.39, 0.29) is 23.2 Å². The van der Waals surface area contributed by atoms with Crippen molar-refractivity contribution in [2.45, 2.75) is 39.2 Å². The number of nitrogens with zero attached hydrogens (tertiary/aromatic N) is 4. The van der Waals surface area contributed by atoms with E-state index in [0.717, 1.165) is 11.7 Å². The molecule has 1 aromatic carbocycles. The van der Waals surface area contributed by atoms with Crippen molar-refractivity contribution in [2.24, 2.45) is 5.92 Å². The lowest BCUT2D eigenvalue weighted by Crippen LogP contribution is -2.26. The first-order valence-electron chi connectivity index (χ1n) is 9.66. The van der Waals surface area contributed by atoms with Crippen LogP contribution in [0.3, 0.4) is 0 Å². The van der Waals surface area contributed by atoms with Crippen LogP contribution >= 0.6 is 11.9 Å². The summed E-state index contributed by atoms with van der Waals surface area (Å²) < 4.78 is 19.2. The van der Waals surface area contributed by atoms with Gasteiger partial charge in [0.05, 0.1) is 11.9 Å². The van der Waals surface area contributed by atoms with E-state index in [0.29, 0.717) is 22.4 Å². The smallest absolute Gasteiger partial charge is 0.278 e. The molecule has 29 heavy (non-hydrogen) atoms. The van der Waals surface area contributed by atoms with Gasteiger partial charge in [0.15, 0.2) is 5.65 Å². The van der Waals surface area contributed by atoms with E-state index < -0.39 is 5.82 Å². The van der Waals surface area contributed by atoms with Crippen molar-refractivity contribution < 1.29 is 4.39 Å². The highest BCUT2D eigenvalue weighted by molar-refractivity contribution is 8.00. The van der Waals surface area contributed by atoms with Crippen LogP contribution in [-0.2, 0) is 0 Å². The predicted octanol–water partition coefficient (Wildman–Crippen LogP) is 4.02. The van der Waals surface area contributed by atoms with Crippen LogP contribution in [0.5, 0.6) is 0 Å². The first kappa shape index (κ1) is 19.6. The Bertz CT molecular complexity index is 1110. The maximum absolute atomic E-state index is 14.7. The molecular formula is C20H23FN6OS. The maximum atomic E-state index is 14.7. The van der Waals surface area contributed by atoms with Crippen LogP contribution in [0, 0.1) is 11.7 Å². The second-order valence-corrected chi connectivity index (χ2v) is 8.40. The molecule has 152 valence electrons. The lowest BCUT2D eigenvalue weighted by atomic mass is 9.87. The Labute approximate surface area is 172 Å². The minimum Gasteiger partial charge on any atom is -0.368 e. The predicted molar refractivity (Wildman–Crippen MR) is 115 cm³/mol. The first-order chi connectivity index (χ1) is 13.9. The van der Waals surface area contributed by atoms with Gasteiger partial charge >= 0.3 is 0 Å². The first-order valence-corrected chi connectivity index (χ1v) is 10.6. The van der Waals surface area contributed by atoms with E-state index in [4.69, 9.17) is 5.73 Å². The average Bonchev–Trinajstić information content (AvgIpc) is 2.64. The third-order valence-electron chi connectivity index (χ3n) is 5.14. The van der Waals surface area contributed by atoms with E-state index in [9.17, 15) is 9.18 Å². The molecule has 3 aromatic rings. The van der Waals surface area contributed by atoms with Crippen molar-refractivity contribution in [3.63, 3.8) is 0 Å². The fraction of sp³-hybridized carbons (Fsp3) is 0.400. The van der Waals surface area contributed by atoms with Gasteiger partial charge < -0.3 is 10.5 Å². The van der Waals surface area contributed by atoms with Crippen LogP contribution in [0.25, 0.3) is 22.4 Å². The second kappa shape index (κ2) is 7.98. The van der Waals surface area contributed by atoms with Gasteiger partial charge in [0.1, 0.15) is 17.0 Å². The van der Waals surface area contributed by atoms with E-state index in [2.05, 4.69) is 19.7 Å². The highest BCUT2D eigenvalue weighted by atomic mass is 32.2. The molecule has 1 aliphatic rings. The molecule has 0 unspecified atom stereocenters. The Balaban J connectivity index is 1.68. The molecule has 0 amide bonds. The van der Waals surface area contributed by atoms with Gasteiger partial charge in [-0.15, -0.1) is 0 Å². The second-order valence-electron chi connectivity index (χ2n) is 7.57. The summed E-state index contributed by atoms with van der Waals surface area (Å²) in [6, 6.07) is 4.51. The number of anilines is 2. The molecule has 0 spiro atoms. The molecule has 4 rings (SSSR count). The highest BCUT2D eigenvalue weighted by Crippen LogP contribution is 2.31. The number of aromatic nitrogens is 4. The van der Waals surface area contributed by atoms with Crippen molar-refractivity contribution in [1.82, 2.24) is 19.5 Å². The Morgan fingerprint density at radius 1 is 1.34 bits per heavy atom. The van der Waals surface area contributed by atoms with Crippen LogP contribution in [0.15, 0.2) is 29.2 Å². The van der Waals surface area contributed by atoms with Crippen LogP contribution in [-0.4, -0.2) is 25.3 Å². The van der Waals surface area contributed by atoms with Gasteiger partial charge in [-0.05, 0) is 44.7 Å². The molecule has 1 aliphatic carbocycles. The van der Waals surface area contributed by atoms with Gasteiger partial charge in [-0.3, -0.25) is 9.36 Å². The van der Waals surface area contributed by atoms with Crippen LogP contribution in [0.1, 0.15) is 39.2 Å². The molecule has 0 saturated heterocycles. The molecule has 0 atom stereocenters. The molecule has 1 fully saturated rings. The van der Waals surface area contributed by atoms with Crippen molar-refractivity contribution in [1.29, 1.82) is 0 Å². The molecule has 7 nitrogen and oxygen atoms in total. The summed E-state index contributed by atoms with van der Waals surface area (Å²) in [6.45, 7) is 3.74. The van der Waals surface area contributed by atoms with E-state index in [1.165, 1.54) is 48.0 Å². The largest absolute Gasteiger partial charge is 0.368 e. The molecule has 2 heterocycles. The van der Waals surface area contributed by atoms with Crippen molar-refractivity contribution in [2.75, 3.05) is 16.2 Å². The topological polar surface area (TPSA) is 98.7 Å². The number of nitrogens with one attached hydrogen (secondary N) is 1. The monoisotopic (exact) mass is 414 g/mol. The maximum Gasteiger partial charge on any atom is 0.278 e. The van der Waals surface area contributed by atoms with Gasteiger partial charge in [-0.2, -0.15) is 4.98 Å². The van der Waals surface area contributed by atoms with Gasteiger partial charge in [-0.1, -0.05) is 24.4 Å². The third-order valence-corrected chi connectivity index (χ3v) is 6.14. The zero-order valence-corrected chi connectivity index (χ0v) is 17.2. The summed E-state index contributed by atoms with van der Waals surface area (Å²) in [6.07, 6.45) is 5.27. The molecule has 3 N–H and O–H groups in total. The van der Waals surface area contributed by atoms with Gasteiger partial charge in [0.25, 0.3) is 5.56 Å². The Kier molecular flexibility index (Phi) is 5.40. The zero-order valence-electron chi connectivity index (χ0n) is 16.4. The van der Waals surface area contributed by atoms with Crippen molar-refractivity contribution in [3.05, 3.63) is 40.6 Å². The summed E-state index contributed by atoms with van der Waals surface area (Å²) in [5.74, 6) is 1.34. The number of halogens is 1. The number of benzene rings is 1. The Morgan fingerprint density at radius 3 is 2.79 bits per heavy atom. The van der Waals surface area contributed by atoms with Gasteiger partial charge in [-0.25, -0.2) is 14.4 Å². The van der Waals surface area contributed by atoms with Crippen LogP contribution in [0.4, 0.5) is 16.0 Å². The lowest BCUT2D eigenvalue weighted by Gasteiger charge is -2.24. The Morgan fingerprint density at radius 2 is 2.14 bits per heavy atom. The van der Waals surface area contributed by atoms with E-state index >= 15 is 0 Å². The quantitative estimate of drug-likeness (QED) is 0.588. The summed E-state index contributed by atoms with van der Waals surface area (Å²) >= 11 is 1.52. The fourth-order valence-corrected chi connectivity index (χ4v) is 4.30. The SMILES string of the molecule is CC(C)n1c(=O)c(-c2ccc(NSCC3CCC3)c(F)c2)nc2cnc(N)nc21. The number of fused-ring (bicyclic) bond motifs is 1. The summed E-state index contributed by atoms with van der Waals surface area (Å²) in [7, 11) is 0. The normalized spacial score (nSPS) is 14.3. The van der Waals surface area contributed by atoms with Crippen molar-refractivity contribution >= 4 is 34.7 Å². The summed E-state index contributed by atoms with van der Waals surface area (Å²) in [5.41, 5.74) is 7.11. The number of rotatable bonds is 6. The number of nitrogen functional groups attached to an aromatic ring is 1. The average molecular weight is 415 g/mol. The molecular weight excluding hydrogens is 391 g/mol. The number of hydrogen-bond acceptors (Lipinski definition) is 7. The zero-order chi connectivity index (χ0) is 20.5. The minimum atomic E-state index is -0.422. The lowest BCUT2D eigenvalue weighted by molar-refractivity contribution is 0.353. The summed E-state index contributed by atoms with van der Waals surface area (Å²) in [5, 5.41) is 0. The molecule has 2 aromatic heterocycles. The van der Waals surface area contributed by atoms with Crippen LogP contribution < -0.4 is 16.0 Å². The number of hydrogen-bond donors (Lipinski definition) is 2. The fourth-order valence-electron chi connectivity index (χ4n) is 3.32. The summed E-state index contributed by atoms with van der Waals surface area (Å²) in [4.78, 5) is 25.6. The third kappa shape index (κ3) is 3.91. The van der Waals surface area contributed by atoms with E-state index in [1.807, 2.05) is 13.8 Å². The Hall–Kier alpha value is -2.68. The number of nitrogens with two attached hydrogens (primary N) is 1. The van der Waals surface area contributed by atoms with E-state index in [1.54, 1.807) is 12.1 Å². The van der Waals surface area contributed by atoms with Gasteiger partial charge in [0.2, 0.25) is 5.95 Å². The molecule has 1 saturated carbocycles. The molecule has 9 heteroatoms. The van der Waals surface area contributed by atoms with Gasteiger partial charge in [0, 0.05) is 17.4 Å². The minimum absolute atomic E-state index is 0.0710. The molecule has 0 radical (unpaired) electrons. The standard InChI is InChI=1S/C20H23FN6OS/c1-11(2)27-18-16(9-23-20(22)25-18)24-17(19(27)28)13-6-7-15(14(21)8-13)26-29-10-12-4-3-5-12/h6-9,11-12,26H,3-5,10H2,1-2H3,(H2,22,23,25). The van der Waals surface area contributed by atoms with Crippen LogP contribution in [0.2, 0.25) is 0 Å². The highest BCUT2D eigenvalue weighted by Gasteiger charge is 2.19. The van der Waals surface area contributed by atoms with Crippen molar-refractivity contribution in [3.8, 4) is 11.3 Å².